The third kappa shape index (κ3) is 6.56. The van der Waals surface area contributed by atoms with Crippen molar-refractivity contribution in [1.82, 2.24) is 5.16 Å². The van der Waals surface area contributed by atoms with Gasteiger partial charge in [0.1, 0.15) is 36.2 Å². The number of ether oxygens (including phenoxy) is 2. The molecule has 0 fully saturated rings. The molecule has 1 heterocycles. The molecule has 5 rings (SSSR count). The first-order valence-electron chi connectivity index (χ1n) is 13.0. The lowest BCUT2D eigenvalue weighted by Crippen LogP contribution is -2.02. The van der Waals surface area contributed by atoms with E-state index in [1.807, 2.05) is 62.4 Å². The minimum absolute atomic E-state index is 0.0992. The number of aromatic carboxylic acids is 1. The molecule has 4 aromatic carbocycles. The monoisotopic (exact) mass is 587 g/mol. The first kappa shape index (κ1) is 28.3. The second kappa shape index (κ2) is 12.5. The van der Waals surface area contributed by atoms with Crippen LogP contribution in [0.1, 0.15) is 47.0 Å². The van der Waals surface area contributed by atoms with Gasteiger partial charge in [0.05, 0.1) is 21.2 Å². The highest BCUT2D eigenvalue weighted by Crippen LogP contribution is 2.38. The molecule has 0 spiro atoms. The SMILES string of the molecule is CC(C)c1onc(-c2c(Cl)cccc2Cl)c1COc1ccc(COc2ccc(-c3ccc(C(=O)O)cc3)cc2)cc1. The molecule has 0 aliphatic heterocycles. The van der Waals surface area contributed by atoms with Gasteiger partial charge in [-0.1, -0.05) is 84.7 Å². The van der Waals surface area contributed by atoms with Gasteiger partial charge < -0.3 is 19.1 Å². The van der Waals surface area contributed by atoms with Crippen LogP contribution in [-0.4, -0.2) is 16.2 Å². The average Bonchev–Trinajstić information content (AvgIpc) is 3.39. The van der Waals surface area contributed by atoms with Crippen LogP contribution in [0.5, 0.6) is 11.5 Å². The largest absolute Gasteiger partial charge is 0.489 e. The molecule has 0 aliphatic carbocycles. The quantitative estimate of drug-likeness (QED) is 0.175. The first-order valence-corrected chi connectivity index (χ1v) is 13.8. The van der Waals surface area contributed by atoms with Crippen LogP contribution in [0.2, 0.25) is 10.0 Å². The van der Waals surface area contributed by atoms with Crippen LogP contribution in [0.25, 0.3) is 22.4 Å². The van der Waals surface area contributed by atoms with Gasteiger partial charge in [0.2, 0.25) is 0 Å². The minimum atomic E-state index is -0.941. The molecule has 41 heavy (non-hydrogen) atoms. The summed E-state index contributed by atoms with van der Waals surface area (Å²) >= 11 is 12.9. The molecular weight excluding hydrogens is 561 g/mol. The van der Waals surface area contributed by atoms with Crippen molar-refractivity contribution in [3.05, 3.63) is 123 Å². The lowest BCUT2D eigenvalue weighted by Gasteiger charge is -2.11. The van der Waals surface area contributed by atoms with E-state index < -0.39 is 5.97 Å². The molecular formula is C33H27Cl2NO5. The number of hydrogen-bond donors (Lipinski definition) is 1. The normalized spacial score (nSPS) is 11.0. The van der Waals surface area contributed by atoms with Crippen molar-refractivity contribution < 1.29 is 23.9 Å². The highest BCUT2D eigenvalue weighted by molar-refractivity contribution is 6.39. The fourth-order valence-electron chi connectivity index (χ4n) is 4.39. The van der Waals surface area contributed by atoms with E-state index in [9.17, 15) is 4.79 Å². The molecule has 1 N–H and O–H groups in total. The molecule has 0 aliphatic rings. The second-order valence-electron chi connectivity index (χ2n) is 9.75. The molecule has 8 heteroatoms. The fourth-order valence-corrected chi connectivity index (χ4v) is 4.97. The number of carboxylic acid groups (broad SMARTS) is 1. The minimum Gasteiger partial charge on any atom is -0.489 e. The van der Waals surface area contributed by atoms with Gasteiger partial charge >= 0.3 is 5.97 Å². The van der Waals surface area contributed by atoms with Crippen LogP contribution < -0.4 is 9.47 Å². The summed E-state index contributed by atoms with van der Waals surface area (Å²) in [7, 11) is 0. The zero-order chi connectivity index (χ0) is 28.9. The van der Waals surface area contributed by atoms with Crippen molar-refractivity contribution in [3.63, 3.8) is 0 Å². The smallest absolute Gasteiger partial charge is 0.335 e. The van der Waals surface area contributed by atoms with E-state index in [0.717, 1.165) is 33.8 Å². The molecule has 0 amide bonds. The molecule has 0 atom stereocenters. The number of rotatable bonds is 10. The summed E-state index contributed by atoms with van der Waals surface area (Å²) in [5.41, 5.74) is 5.18. The van der Waals surface area contributed by atoms with E-state index in [-0.39, 0.29) is 18.1 Å². The molecule has 0 saturated heterocycles. The van der Waals surface area contributed by atoms with Crippen molar-refractivity contribution in [1.29, 1.82) is 0 Å². The lowest BCUT2D eigenvalue weighted by atomic mass is 10.0. The Balaban J connectivity index is 1.21. The third-order valence-corrected chi connectivity index (χ3v) is 7.20. The van der Waals surface area contributed by atoms with E-state index in [4.69, 9.17) is 42.3 Å². The lowest BCUT2D eigenvalue weighted by molar-refractivity contribution is 0.0697. The number of aromatic nitrogens is 1. The summed E-state index contributed by atoms with van der Waals surface area (Å²) in [6, 6.07) is 27.5. The summed E-state index contributed by atoms with van der Waals surface area (Å²) in [4.78, 5) is 11.1. The second-order valence-corrected chi connectivity index (χ2v) is 10.6. The molecule has 0 saturated carbocycles. The number of carbonyl (C=O) groups is 1. The van der Waals surface area contributed by atoms with Crippen LogP contribution in [-0.2, 0) is 13.2 Å². The highest BCUT2D eigenvalue weighted by atomic mass is 35.5. The molecule has 0 unspecified atom stereocenters. The average molecular weight is 588 g/mol. The summed E-state index contributed by atoms with van der Waals surface area (Å²) in [5.74, 6) is 1.31. The number of hydrogen-bond acceptors (Lipinski definition) is 5. The topological polar surface area (TPSA) is 81.8 Å². The van der Waals surface area contributed by atoms with Gasteiger partial charge in [-0.25, -0.2) is 4.79 Å². The van der Waals surface area contributed by atoms with Crippen LogP contribution in [0, 0.1) is 0 Å². The van der Waals surface area contributed by atoms with Gasteiger partial charge in [0.25, 0.3) is 0 Å². The molecule has 5 aromatic rings. The summed E-state index contributed by atoms with van der Waals surface area (Å²) in [5, 5.41) is 14.3. The Kier molecular flexibility index (Phi) is 8.62. The molecule has 1 aromatic heterocycles. The van der Waals surface area contributed by atoms with Gasteiger partial charge in [0, 0.05) is 11.5 Å². The molecule has 0 radical (unpaired) electrons. The van der Waals surface area contributed by atoms with Crippen LogP contribution >= 0.6 is 23.2 Å². The number of halogens is 2. The number of nitrogens with zero attached hydrogens (tertiary/aromatic N) is 1. The maximum absolute atomic E-state index is 11.1. The van der Waals surface area contributed by atoms with E-state index >= 15 is 0 Å². The summed E-state index contributed by atoms with van der Waals surface area (Å²) in [6.45, 7) is 4.70. The third-order valence-electron chi connectivity index (χ3n) is 6.57. The Bertz CT molecular complexity index is 1620. The fraction of sp³-hybridized carbons (Fsp3) is 0.152. The molecule has 0 bridgehead atoms. The Hall–Kier alpha value is -4.26. The predicted molar refractivity (Wildman–Crippen MR) is 160 cm³/mol. The van der Waals surface area contributed by atoms with Gasteiger partial charge in [-0.3, -0.25) is 0 Å². The zero-order valence-corrected chi connectivity index (χ0v) is 23.9. The number of carboxylic acids is 1. The van der Waals surface area contributed by atoms with Gasteiger partial charge in [-0.15, -0.1) is 0 Å². The highest BCUT2D eigenvalue weighted by Gasteiger charge is 2.23. The van der Waals surface area contributed by atoms with E-state index in [2.05, 4.69) is 5.16 Å². The van der Waals surface area contributed by atoms with Crippen molar-refractivity contribution in [2.24, 2.45) is 0 Å². The van der Waals surface area contributed by atoms with Gasteiger partial charge in [0.15, 0.2) is 0 Å². The van der Waals surface area contributed by atoms with E-state index in [1.165, 1.54) is 0 Å². The Labute approximate surface area is 248 Å². The summed E-state index contributed by atoms with van der Waals surface area (Å²) < 4.78 is 17.7. The van der Waals surface area contributed by atoms with Gasteiger partial charge in [-0.2, -0.15) is 0 Å². The van der Waals surface area contributed by atoms with Gasteiger partial charge in [-0.05, 0) is 65.2 Å². The van der Waals surface area contributed by atoms with E-state index in [0.29, 0.717) is 33.7 Å². The first-order chi connectivity index (χ1) is 19.8. The van der Waals surface area contributed by atoms with Crippen molar-refractivity contribution in [3.8, 4) is 33.9 Å². The zero-order valence-electron chi connectivity index (χ0n) is 22.4. The molecule has 6 nitrogen and oxygen atoms in total. The Morgan fingerprint density at radius 1 is 0.805 bits per heavy atom. The Morgan fingerprint density at radius 3 is 1.90 bits per heavy atom. The predicted octanol–water partition coefficient (Wildman–Crippen LogP) is 9.29. The van der Waals surface area contributed by atoms with Crippen LogP contribution in [0.4, 0.5) is 0 Å². The van der Waals surface area contributed by atoms with Crippen molar-refractivity contribution >= 4 is 29.2 Å². The van der Waals surface area contributed by atoms with E-state index in [1.54, 1.807) is 42.5 Å². The molecule has 208 valence electrons. The van der Waals surface area contributed by atoms with Crippen LogP contribution in [0.15, 0.2) is 95.5 Å². The summed E-state index contributed by atoms with van der Waals surface area (Å²) in [6.07, 6.45) is 0. The van der Waals surface area contributed by atoms with Crippen molar-refractivity contribution in [2.45, 2.75) is 33.0 Å². The standard InChI is InChI=1S/C33H27Cl2NO5/c1-20(2)32-27(31(36-41-32)30-28(34)4-3-5-29(30)35)19-40-25-14-6-21(7-15-25)18-39-26-16-12-23(13-17-26)22-8-10-24(11-9-22)33(37)38/h3-17,20H,18-19H2,1-2H3,(H,37,38). The van der Waals surface area contributed by atoms with Crippen molar-refractivity contribution in [2.75, 3.05) is 0 Å². The Morgan fingerprint density at radius 2 is 1.34 bits per heavy atom. The number of benzene rings is 4. The maximum Gasteiger partial charge on any atom is 0.335 e. The van der Waals surface area contributed by atoms with Crippen LogP contribution in [0.3, 0.4) is 0 Å². The maximum atomic E-state index is 11.1.